The minimum absolute atomic E-state index is 0.363. The van der Waals surface area contributed by atoms with Crippen LogP contribution < -0.4 is 5.32 Å². The predicted molar refractivity (Wildman–Crippen MR) is 99.9 cm³/mol. The van der Waals surface area contributed by atoms with E-state index in [1.54, 1.807) is 0 Å². The van der Waals surface area contributed by atoms with Crippen molar-refractivity contribution < 1.29 is 0 Å². The Morgan fingerprint density at radius 3 is 2.29 bits per heavy atom. The number of nitrogens with one attached hydrogen (secondary N) is 1. The number of hydrogen-bond donors (Lipinski definition) is 1. The summed E-state index contributed by atoms with van der Waals surface area (Å²) in [4.78, 5) is 0. The fourth-order valence-corrected chi connectivity index (χ4v) is 3.32. The van der Waals surface area contributed by atoms with Crippen LogP contribution in [-0.4, -0.2) is 7.05 Å². The second-order valence-electron chi connectivity index (χ2n) is 5.92. The molecule has 0 radical (unpaired) electrons. The molecule has 112 valence electrons. The predicted octanol–water partition coefficient (Wildman–Crippen LogP) is 5.23. The van der Waals surface area contributed by atoms with Crippen LogP contribution in [0.15, 0.2) is 42.5 Å². The first kappa shape index (κ1) is 16.5. The molecule has 2 aromatic carbocycles. The van der Waals surface area contributed by atoms with Gasteiger partial charge in [-0.3, -0.25) is 0 Å². The van der Waals surface area contributed by atoms with Crippen LogP contribution in [0, 0.1) is 10.5 Å². The van der Waals surface area contributed by atoms with E-state index in [2.05, 4.69) is 91.1 Å². The molecule has 0 aliphatic carbocycles. The quantitative estimate of drug-likeness (QED) is 0.687. The van der Waals surface area contributed by atoms with Crippen molar-refractivity contribution in [3.05, 3.63) is 68.3 Å². The van der Waals surface area contributed by atoms with Crippen LogP contribution in [0.4, 0.5) is 0 Å². The molecule has 0 bridgehead atoms. The number of halogens is 1. The first-order chi connectivity index (χ1) is 10.0. The third kappa shape index (κ3) is 4.07. The van der Waals surface area contributed by atoms with Crippen LogP contribution in [0.2, 0.25) is 0 Å². The number of benzene rings is 2. The van der Waals surface area contributed by atoms with E-state index in [4.69, 9.17) is 0 Å². The molecule has 21 heavy (non-hydrogen) atoms. The molecule has 2 aromatic rings. The van der Waals surface area contributed by atoms with Crippen LogP contribution in [0.5, 0.6) is 0 Å². The summed E-state index contributed by atoms with van der Waals surface area (Å²) in [6.07, 6.45) is 1.02. The SMILES string of the molecule is CNC(Cc1ccc(C(C)C)cc1)c1cccc(C)c1I. The highest BCUT2D eigenvalue weighted by molar-refractivity contribution is 14.1. The minimum Gasteiger partial charge on any atom is -0.313 e. The highest BCUT2D eigenvalue weighted by Crippen LogP contribution is 2.26. The molecule has 1 unspecified atom stereocenters. The minimum atomic E-state index is 0.363. The van der Waals surface area contributed by atoms with Gasteiger partial charge < -0.3 is 5.32 Å². The average Bonchev–Trinajstić information content (AvgIpc) is 2.48. The van der Waals surface area contributed by atoms with Gasteiger partial charge in [-0.1, -0.05) is 56.3 Å². The second kappa shape index (κ2) is 7.41. The molecule has 0 spiro atoms. The molecule has 0 fully saturated rings. The summed E-state index contributed by atoms with van der Waals surface area (Å²) < 4.78 is 1.37. The summed E-state index contributed by atoms with van der Waals surface area (Å²) in [7, 11) is 2.05. The lowest BCUT2D eigenvalue weighted by Gasteiger charge is -2.20. The van der Waals surface area contributed by atoms with Crippen LogP contribution in [0.1, 0.15) is 48.1 Å². The summed E-state index contributed by atoms with van der Waals surface area (Å²) in [6, 6.07) is 16.0. The van der Waals surface area contributed by atoms with E-state index in [9.17, 15) is 0 Å². The van der Waals surface area contributed by atoms with Crippen LogP contribution >= 0.6 is 22.6 Å². The Bertz CT molecular complexity index is 587. The number of likely N-dealkylation sites (N-methyl/N-ethyl adjacent to an activating group) is 1. The highest BCUT2D eigenvalue weighted by atomic mass is 127. The van der Waals surface area contributed by atoms with Crippen molar-refractivity contribution in [2.45, 2.75) is 39.2 Å². The van der Waals surface area contributed by atoms with Gasteiger partial charge in [0.1, 0.15) is 0 Å². The van der Waals surface area contributed by atoms with Crippen molar-refractivity contribution >= 4 is 22.6 Å². The summed E-state index contributed by atoms with van der Waals surface area (Å²) in [5.41, 5.74) is 5.54. The van der Waals surface area contributed by atoms with Crippen molar-refractivity contribution in [2.24, 2.45) is 0 Å². The molecule has 2 rings (SSSR count). The number of rotatable bonds is 5. The third-order valence-corrected chi connectivity index (χ3v) is 5.51. The number of hydrogen-bond acceptors (Lipinski definition) is 1. The Morgan fingerprint density at radius 1 is 1.05 bits per heavy atom. The normalized spacial score (nSPS) is 12.7. The summed E-state index contributed by atoms with van der Waals surface area (Å²) in [5, 5.41) is 3.47. The molecule has 0 saturated heterocycles. The van der Waals surface area contributed by atoms with Crippen LogP contribution in [0.25, 0.3) is 0 Å². The molecule has 0 aliphatic heterocycles. The van der Waals surface area contributed by atoms with Gasteiger partial charge in [-0.2, -0.15) is 0 Å². The van der Waals surface area contributed by atoms with Gasteiger partial charge in [0.15, 0.2) is 0 Å². The molecule has 1 atom stereocenters. The van der Waals surface area contributed by atoms with Crippen LogP contribution in [0.3, 0.4) is 0 Å². The monoisotopic (exact) mass is 393 g/mol. The van der Waals surface area contributed by atoms with Crippen LogP contribution in [-0.2, 0) is 6.42 Å². The molecule has 2 heteroatoms. The van der Waals surface area contributed by atoms with E-state index in [-0.39, 0.29) is 0 Å². The lowest BCUT2D eigenvalue weighted by Crippen LogP contribution is -2.20. The molecule has 0 saturated carbocycles. The standard InChI is InChI=1S/C19H24IN/c1-13(2)16-10-8-15(9-11-16)12-18(21-4)17-7-5-6-14(3)19(17)20/h5-11,13,18,21H,12H2,1-4H3. The topological polar surface area (TPSA) is 12.0 Å². The maximum Gasteiger partial charge on any atom is 0.0369 e. The van der Waals surface area contributed by atoms with Crippen molar-refractivity contribution in [3.8, 4) is 0 Å². The Balaban J connectivity index is 2.21. The Morgan fingerprint density at radius 2 is 1.71 bits per heavy atom. The first-order valence-electron chi connectivity index (χ1n) is 7.54. The van der Waals surface area contributed by atoms with E-state index in [0.717, 1.165) is 6.42 Å². The Labute approximate surface area is 142 Å². The molecule has 0 aliphatic rings. The maximum atomic E-state index is 3.47. The average molecular weight is 393 g/mol. The van der Waals surface area contributed by atoms with E-state index in [1.165, 1.54) is 25.8 Å². The Hall–Kier alpha value is -0.870. The molecule has 0 amide bonds. The van der Waals surface area contributed by atoms with Gasteiger partial charge in [-0.05, 0) is 71.2 Å². The lowest BCUT2D eigenvalue weighted by molar-refractivity contribution is 0.589. The summed E-state index contributed by atoms with van der Waals surface area (Å²) >= 11 is 2.46. The fourth-order valence-electron chi connectivity index (χ4n) is 2.58. The largest absolute Gasteiger partial charge is 0.313 e. The zero-order valence-corrected chi connectivity index (χ0v) is 15.4. The smallest absolute Gasteiger partial charge is 0.0369 e. The molecular weight excluding hydrogens is 369 g/mol. The first-order valence-corrected chi connectivity index (χ1v) is 8.62. The van der Waals surface area contributed by atoms with Crippen molar-refractivity contribution in [1.82, 2.24) is 5.32 Å². The van der Waals surface area contributed by atoms with Gasteiger partial charge in [0.05, 0.1) is 0 Å². The molecular formula is C19H24IN. The van der Waals surface area contributed by atoms with Gasteiger partial charge in [0.2, 0.25) is 0 Å². The van der Waals surface area contributed by atoms with Gasteiger partial charge in [-0.25, -0.2) is 0 Å². The van der Waals surface area contributed by atoms with Gasteiger partial charge in [-0.15, -0.1) is 0 Å². The number of aryl methyl sites for hydroxylation is 1. The fraction of sp³-hybridized carbons (Fsp3) is 0.368. The van der Waals surface area contributed by atoms with E-state index in [0.29, 0.717) is 12.0 Å². The summed E-state index contributed by atoms with van der Waals surface area (Å²) in [6.45, 7) is 6.65. The summed E-state index contributed by atoms with van der Waals surface area (Å²) in [5.74, 6) is 0.594. The van der Waals surface area contributed by atoms with Crippen molar-refractivity contribution in [1.29, 1.82) is 0 Å². The molecule has 0 heterocycles. The van der Waals surface area contributed by atoms with Gasteiger partial charge in [0.25, 0.3) is 0 Å². The zero-order chi connectivity index (χ0) is 15.4. The third-order valence-electron chi connectivity index (χ3n) is 4.03. The van der Waals surface area contributed by atoms with Gasteiger partial charge >= 0.3 is 0 Å². The molecule has 1 nitrogen and oxygen atoms in total. The second-order valence-corrected chi connectivity index (χ2v) is 7.00. The van der Waals surface area contributed by atoms with E-state index in [1.807, 2.05) is 7.05 Å². The maximum absolute atomic E-state index is 3.47. The Kier molecular flexibility index (Phi) is 5.82. The lowest BCUT2D eigenvalue weighted by atomic mass is 9.95. The molecule has 0 aromatic heterocycles. The van der Waals surface area contributed by atoms with Crippen molar-refractivity contribution in [3.63, 3.8) is 0 Å². The molecule has 1 N–H and O–H groups in total. The van der Waals surface area contributed by atoms with E-state index >= 15 is 0 Å². The zero-order valence-electron chi connectivity index (χ0n) is 13.3. The van der Waals surface area contributed by atoms with Crippen molar-refractivity contribution in [2.75, 3.05) is 7.05 Å². The van der Waals surface area contributed by atoms with Gasteiger partial charge in [0, 0.05) is 9.61 Å². The van der Waals surface area contributed by atoms with E-state index < -0.39 is 0 Å². The highest BCUT2D eigenvalue weighted by Gasteiger charge is 2.14.